The standard InChI is InChI=1S/C11H18O3S/c1-3-5-7-8-9-11-15(12,13)14-10-6-4-2/h9,11H,3,5,7-8,10H2,1-2H3/b11-9+. The molecule has 0 heterocycles. The molecule has 0 fully saturated rings. The lowest BCUT2D eigenvalue weighted by Crippen LogP contribution is -2.01. The molecule has 0 aliphatic carbocycles. The SMILES string of the molecule is CC#CCOS(=O)(=O)/C=C/CCCCC. The third-order valence-electron chi connectivity index (χ3n) is 1.71. The predicted molar refractivity (Wildman–Crippen MR) is 61.6 cm³/mol. The smallest absolute Gasteiger partial charge is 0.254 e. The van der Waals surface area contributed by atoms with Crippen LogP contribution in [-0.4, -0.2) is 15.0 Å². The van der Waals surface area contributed by atoms with Crippen LogP contribution in [0.15, 0.2) is 11.5 Å². The average Bonchev–Trinajstić information content (AvgIpc) is 2.17. The molecule has 0 amide bonds. The number of rotatable bonds is 7. The number of unbranched alkanes of at least 4 members (excludes halogenated alkanes) is 3. The summed E-state index contributed by atoms with van der Waals surface area (Å²) >= 11 is 0. The maximum atomic E-state index is 11.2. The molecule has 3 nitrogen and oxygen atoms in total. The average molecular weight is 230 g/mol. The largest absolute Gasteiger partial charge is 0.290 e. The number of allylic oxidation sites excluding steroid dienone is 1. The summed E-state index contributed by atoms with van der Waals surface area (Å²) in [6.45, 7) is 3.67. The van der Waals surface area contributed by atoms with Gasteiger partial charge in [0, 0.05) is 0 Å². The van der Waals surface area contributed by atoms with Crippen molar-refractivity contribution in [3.8, 4) is 11.8 Å². The molecule has 0 aromatic heterocycles. The molecule has 0 aliphatic rings. The zero-order valence-corrected chi connectivity index (χ0v) is 10.1. The van der Waals surface area contributed by atoms with Gasteiger partial charge in [-0.1, -0.05) is 31.8 Å². The van der Waals surface area contributed by atoms with Gasteiger partial charge in [0.25, 0.3) is 10.1 Å². The molecule has 0 aromatic carbocycles. The summed E-state index contributed by atoms with van der Waals surface area (Å²) < 4.78 is 26.9. The first kappa shape index (κ1) is 14.2. The molecule has 0 N–H and O–H groups in total. The van der Waals surface area contributed by atoms with Gasteiger partial charge in [-0.05, 0) is 19.8 Å². The minimum Gasteiger partial charge on any atom is -0.254 e. The highest BCUT2D eigenvalue weighted by Gasteiger charge is 2.03. The molecule has 0 saturated carbocycles. The van der Waals surface area contributed by atoms with Crippen molar-refractivity contribution < 1.29 is 12.6 Å². The summed E-state index contributed by atoms with van der Waals surface area (Å²) in [5.41, 5.74) is 0. The second kappa shape index (κ2) is 8.51. The molecule has 4 heteroatoms. The van der Waals surface area contributed by atoms with Gasteiger partial charge in [0.2, 0.25) is 0 Å². The van der Waals surface area contributed by atoms with E-state index in [1.165, 1.54) is 0 Å². The molecule has 0 aliphatic heterocycles. The van der Waals surface area contributed by atoms with Gasteiger partial charge in [0.1, 0.15) is 6.61 Å². The number of hydrogen-bond acceptors (Lipinski definition) is 3. The lowest BCUT2D eigenvalue weighted by molar-refractivity contribution is 0.370. The van der Waals surface area contributed by atoms with Crippen molar-refractivity contribution in [2.75, 3.05) is 6.61 Å². The Bertz CT molecular complexity index is 331. The van der Waals surface area contributed by atoms with Crippen LogP contribution >= 0.6 is 0 Å². The van der Waals surface area contributed by atoms with Gasteiger partial charge in [-0.2, -0.15) is 8.42 Å². The van der Waals surface area contributed by atoms with Crippen LogP contribution < -0.4 is 0 Å². The lowest BCUT2D eigenvalue weighted by atomic mass is 10.2. The maximum absolute atomic E-state index is 11.2. The first-order valence-electron chi connectivity index (χ1n) is 5.08. The molecule has 0 saturated heterocycles. The van der Waals surface area contributed by atoms with Crippen molar-refractivity contribution in [2.24, 2.45) is 0 Å². The Morgan fingerprint density at radius 1 is 1.33 bits per heavy atom. The van der Waals surface area contributed by atoms with Crippen LogP contribution in [0, 0.1) is 11.8 Å². The van der Waals surface area contributed by atoms with Crippen LogP contribution in [0.3, 0.4) is 0 Å². The molecule has 0 radical (unpaired) electrons. The summed E-state index contributed by atoms with van der Waals surface area (Å²) in [6, 6.07) is 0. The van der Waals surface area contributed by atoms with Gasteiger partial charge in [0.05, 0.1) is 5.41 Å². The molecule has 15 heavy (non-hydrogen) atoms. The summed E-state index contributed by atoms with van der Waals surface area (Å²) in [5.74, 6) is 5.09. The Morgan fingerprint density at radius 2 is 2.07 bits per heavy atom. The summed E-state index contributed by atoms with van der Waals surface area (Å²) in [4.78, 5) is 0. The van der Waals surface area contributed by atoms with Crippen LogP contribution in [0.1, 0.15) is 39.5 Å². The maximum Gasteiger partial charge on any atom is 0.290 e. The third-order valence-corrected chi connectivity index (χ3v) is 2.68. The van der Waals surface area contributed by atoms with E-state index in [2.05, 4.69) is 22.9 Å². The van der Waals surface area contributed by atoms with Crippen LogP contribution in [0.5, 0.6) is 0 Å². The Balaban J connectivity index is 3.85. The van der Waals surface area contributed by atoms with Crippen LogP contribution in [-0.2, 0) is 14.3 Å². The summed E-state index contributed by atoms with van der Waals surface area (Å²) in [5, 5.41) is 1.11. The summed E-state index contributed by atoms with van der Waals surface area (Å²) in [6.07, 6.45) is 5.66. The topological polar surface area (TPSA) is 43.4 Å². The molecular formula is C11H18O3S. The highest BCUT2D eigenvalue weighted by molar-refractivity contribution is 7.89. The Kier molecular flexibility index (Phi) is 8.06. The van der Waals surface area contributed by atoms with Crippen LogP contribution in [0.4, 0.5) is 0 Å². The second-order valence-corrected chi connectivity index (χ2v) is 4.54. The predicted octanol–water partition coefficient (Wildman–Crippen LogP) is 2.45. The summed E-state index contributed by atoms with van der Waals surface area (Å²) in [7, 11) is -3.52. The number of hydrogen-bond donors (Lipinski definition) is 0. The highest BCUT2D eigenvalue weighted by atomic mass is 32.2. The van der Waals surface area contributed by atoms with Crippen molar-refractivity contribution in [3.63, 3.8) is 0 Å². The zero-order valence-electron chi connectivity index (χ0n) is 9.32. The Hall–Kier alpha value is -0.790. The third kappa shape index (κ3) is 9.51. The van der Waals surface area contributed by atoms with Crippen molar-refractivity contribution >= 4 is 10.1 Å². The quantitative estimate of drug-likeness (QED) is 0.383. The first-order chi connectivity index (χ1) is 7.12. The van der Waals surface area contributed by atoms with Crippen molar-refractivity contribution in [2.45, 2.75) is 39.5 Å². The van der Waals surface area contributed by atoms with E-state index in [0.717, 1.165) is 31.1 Å². The molecule has 0 unspecified atom stereocenters. The first-order valence-corrected chi connectivity index (χ1v) is 6.55. The minimum absolute atomic E-state index is 0.0713. The monoisotopic (exact) mass is 230 g/mol. The fourth-order valence-corrected chi connectivity index (χ4v) is 1.59. The molecular weight excluding hydrogens is 212 g/mol. The van der Waals surface area contributed by atoms with Crippen molar-refractivity contribution in [1.29, 1.82) is 0 Å². The van der Waals surface area contributed by atoms with Crippen LogP contribution in [0.25, 0.3) is 0 Å². The van der Waals surface area contributed by atoms with Gasteiger partial charge in [-0.15, -0.1) is 5.92 Å². The van der Waals surface area contributed by atoms with E-state index in [9.17, 15) is 8.42 Å². The lowest BCUT2D eigenvalue weighted by Gasteiger charge is -1.95. The molecule has 0 bridgehead atoms. The molecule has 0 rings (SSSR count). The van der Waals surface area contributed by atoms with Gasteiger partial charge in [0.15, 0.2) is 0 Å². The van der Waals surface area contributed by atoms with E-state index in [4.69, 9.17) is 0 Å². The van der Waals surface area contributed by atoms with E-state index >= 15 is 0 Å². The van der Waals surface area contributed by atoms with E-state index < -0.39 is 10.1 Å². The van der Waals surface area contributed by atoms with E-state index in [1.807, 2.05) is 0 Å². The molecule has 0 atom stereocenters. The van der Waals surface area contributed by atoms with Gasteiger partial charge in [-0.25, -0.2) is 0 Å². The highest BCUT2D eigenvalue weighted by Crippen LogP contribution is 2.02. The molecule has 0 spiro atoms. The molecule has 86 valence electrons. The Labute approximate surface area is 92.6 Å². The van der Waals surface area contributed by atoms with E-state index in [1.54, 1.807) is 13.0 Å². The van der Waals surface area contributed by atoms with Crippen molar-refractivity contribution in [1.82, 2.24) is 0 Å². The molecule has 0 aromatic rings. The fraction of sp³-hybridized carbons (Fsp3) is 0.636. The minimum atomic E-state index is -3.52. The van der Waals surface area contributed by atoms with E-state index in [0.29, 0.717) is 0 Å². The zero-order chi connectivity index (χ0) is 11.6. The second-order valence-electron chi connectivity index (χ2n) is 3.05. The van der Waals surface area contributed by atoms with Gasteiger partial charge < -0.3 is 0 Å². The van der Waals surface area contributed by atoms with Crippen LogP contribution in [0.2, 0.25) is 0 Å². The Morgan fingerprint density at radius 3 is 2.67 bits per heavy atom. The normalized spacial score (nSPS) is 11.3. The van der Waals surface area contributed by atoms with E-state index in [-0.39, 0.29) is 6.61 Å². The van der Waals surface area contributed by atoms with Crippen molar-refractivity contribution in [3.05, 3.63) is 11.5 Å². The van der Waals surface area contributed by atoms with Gasteiger partial charge >= 0.3 is 0 Å². The van der Waals surface area contributed by atoms with Gasteiger partial charge in [-0.3, -0.25) is 4.18 Å². The fourth-order valence-electron chi connectivity index (χ4n) is 0.921.